The minimum absolute atomic E-state index is 0.176. The molecule has 3 aromatic rings. The smallest absolute Gasteiger partial charge is 0.125 e. The van der Waals surface area contributed by atoms with Gasteiger partial charge in [0.2, 0.25) is 0 Å². The zero-order chi connectivity index (χ0) is 14.3. The lowest BCUT2D eigenvalue weighted by Gasteiger charge is -2.22. The van der Waals surface area contributed by atoms with E-state index in [-0.39, 0.29) is 5.82 Å². The van der Waals surface area contributed by atoms with Crippen LogP contribution in [0.5, 0.6) is 0 Å². The molecule has 0 atom stereocenters. The quantitative estimate of drug-likeness (QED) is 0.637. The summed E-state index contributed by atoms with van der Waals surface area (Å²) in [7, 11) is 0.227. The van der Waals surface area contributed by atoms with Gasteiger partial charge in [0.1, 0.15) is 13.9 Å². The monoisotopic (exact) mass is 283 g/mol. The molecule has 0 fully saturated rings. The number of fused-ring (bicyclic) bond motifs is 1. The topological polar surface area (TPSA) is 4.93 Å². The Labute approximate surface area is 119 Å². The van der Waals surface area contributed by atoms with Crippen molar-refractivity contribution >= 4 is 29.4 Å². The van der Waals surface area contributed by atoms with Crippen molar-refractivity contribution in [3.8, 4) is 0 Å². The Kier molecular flexibility index (Phi) is 3.02. The summed E-state index contributed by atoms with van der Waals surface area (Å²) < 4.78 is 15.5. The average molecular weight is 283 g/mol. The lowest BCUT2D eigenvalue weighted by Crippen LogP contribution is -2.52. The number of hydrogen-bond acceptors (Lipinski definition) is 0. The van der Waals surface area contributed by atoms with Gasteiger partial charge in [-0.15, -0.1) is 0 Å². The third-order valence-electron chi connectivity index (χ3n) is 4.12. The largest absolute Gasteiger partial charge is 0.351 e. The van der Waals surface area contributed by atoms with Crippen LogP contribution in [0.15, 0.2) is 54.7 Å². The highest BCUT2D eigenvalue weighted by molar-refractivity contribution is 7.01. The van der Waals surface area contributed by atoms with E-state index in [4.69, 9.17) is 0 Å². The summed E-state index contributed by atoms with van der Waals surface area (Å²) in [4.78, 5) is 0. The number of halogens is 1. The molecule has 3 heteroatoms. The van der Waals surface area contributed by atoms with Gasteiger partial charge in [-0.3, -0.25) is 0 Å². The van der Waals surface area contributed by atoms with Crippen molar-refractivity contribution in [3.63, 3.8) is 0 Å². The average Bonchev–Trinajstić information content (AvgIpc) is 2.77. The molecule has 0 aliphatic heterocycles. The Bertz CT molecular complexity index is 759. The summed E-state index contributed by atoms with van der Waals surface area (Å²) in [6.45, 7) is 4.70. The van der Waals surface area contributed by atoms with Gasteiger partial charge in [-0.1, -0.05) is 54.7 Å². The first kappa shape index (κ1) is 13.1. The third kappa shape index (κ3) is 1.98. The van der Waals surface area contributed by atoms with E-state index in [2.05, 4.69) is 43.6 Å². The van der Waals surface area contributed by atoms with E-state index in [0.29, 0.717) is 0 Å². The first-order chi connectivity index (χ1) is 9.50. The molecule has 0 spiro atoms. The van der Waals surface area contributed by atoms with Crippen LogP contribution in [0.2, 0.25) is 13.1 Å². The van der Waals surface area contributed by atoms with Gasteiger partial charge in [0.15, 0.2) is 0 Å². The third-order valence-corrected chi connectivity index (χ3v) is 7.64. The molecule has 0 aliphatic rings. The van der Waals surface area contributed by atoms with Crippen LogP contribution in [0, 0.1) is 5.82 Å². The van der Waals surface area contributed by atoms with Crippen molar-refractivity contribution in [1.82, 2.24) is 4.57 Å². The minimum atomic E-state index is -1.76. The number of nitrogens with zero attached hydrogens (tertiary/aromatic N) is 1. The van der Waals surface area contributed by atoms with Crippen LogP contribution in [0.3, 0.4) is 0 Å². The van der Waals surface area contributed by atoms with Gasteiger partial charge in [0.25, 0.3) is 0 Å². The Morgan fingerprint density at radius 2 is 1.70 bits per heavy atom. The van der Waals surface area contributed by atoms with Gasteiger partial charge in [-0.25, -0.2) is 4.39 Å². The molecule has 0 N–H and O–H groups in total. The lowest BCUT2D eigenvalue weighted by molar-refractivity contribution is 0.629. The van der Waals surface area contributed by atoms with Crippen molar-refractivity contribution < 1.29 is 4.39 Å². The maximum absolute atomic E-state index is 13.4. The van der Waals surface area contributed by atoms with E-state index < -0.39 is 8.07 Å². The zero-order valence-electron chi connectivity index (χ0n) is 12.0. The SMILES string of the molecule is Cn1cc([Si](C)(C)c2ccccc2)c2ccc(F)cc21. The second-order valence-corrected chi connectivity index (χ2v) is 10.2. The second kappa shape index (κ2) is 4.60. The molecular weight excluding hydrogens is 265 g/mol. The highest BCUT2D eigenvalue weighted by Gasteiger charge is 2.29. The fraction of sp³-hybridized carbons (Fsp3) is 0.176. The number of aromatic nitrogens is 1. The highest BCUT2D eigenvalue weighted by Crippen LogP contribution is 2.18. The molecule has 20 heavy (non-hydrogen) atoms. The first-order valence-corrected chi connectivity index (χ1v) is 9.81. The van der Waals surface area contributed by atoms with Crippen molar-refractivity contribution in [1.29, 1.82) is 0 Å². The standard InChI is InChI=1S/C17H18FNSi/c1-19-12-17(15-10-9-13(18)11-16(15)19)20(2,3)14-7-5-4-6-8-14/h4-12H,1-3H3. The van der Waals surface area contributed by atoms with Gasteiger partial charge in [-0.05, 0) is 22.7 Å². The summed E-state index contributed by atoms with van der Waals surface area (Å²) in [5.74, 6) is -0.176. The van der Waals surface area contributed by atoms with Gasteiger partial charge >= 0.3 is 0 Å². The van der Waals surface area contributed by atoms with Crippen LogP contribution in [0.25, 0.3) is 10.9 Å². The van der Waals surface area contributed by atoms with Crippen LogP contribution < -0.4 is 10.4 Å². The van der Waals surface area contributed by atoms with Crippen molar-refractivity contribution in [2.45, 2.75) is 13.1 Å². The number of rotatable bonds is 2. The van der Waals surface area contributed by atoms with Gasteiger partial charge < -0.3 is 4.57 Å². The molecule has 1 heterocycles. The molecule has 0 aliphatic carbocycles. The number of benzene rings is 2. The van der Waals surface area contributed by atoms with Gasteiger partial charge in [-0.2, -0.15) is 0 Å². The molecule has 3 rings (SSSR count). The van der Waals surface area contributed by atoms with Crippen molar-refractivity contribution in [2.24, 2.45) is 7.05 Å². The predicted octanol–water partition coefficient (Wildman–Crippen LogP) is 3.14. The van der Waals surface area contributed by atoms with Crippen molar-refractivity contribution in [3.05, 3.63) is 60.5 Å². The van der Waals surface area contributed by atoms with Gasteiger partial charge in [0, 0.05) is 13.2 Å². The molecule has 1 aromatic heterocycles. The Hall–Kier alpha value is -1.87. The molecule has 0 saturated carbocycles. The van der Waals surface area contributed by atoms with Crippen LogP contribution in [0.1, 0.15) is 0 Å². The summed E-state index contributed by atoms with van der Waals surface area (Å²) in [5.41, 5.74) is 0.969. The molecule has 102 valence electrons. The molecule has 0 saturated heterocycles. The van der Waals surface area contributed by atoms with Gasteiger partial charge in [0.05, 0.1) is 5.52 Å². The van der Waals surface area contributed by atoms with Crippen LogP contribution in [-0.4, -0.2) is 12.6 Å². The van der Waals surface area contributed by atoms with E-state index >= 15 is 0 Å². The summed E-state index contributed by atoms with van der Waals surface area (Å²) >= 11 is 0. The molecular formula is C17H18FNSi. The molecule has 0 amide bonds. The predicted molar refractivity (Wildman–Crippen MR) is 86.1 cm³/mol. The maximum atomic E-state index is 13.4. The summed E-state index contributed by atoms with van der Waals surface area (Å²) in [6, 6.07) is 15.7. The molecule has 2 aromatic carbocycles. The molecule has 0 radical (unpaired) electrons. The fourth-order valence-electron chi connectivity index (χ4n) is 2.87. The second-order valence-electron chi connectivity index (χ2n) is 5.81. The number of hydrogen-bond donors (Lipinski definition) is 0. The zero-order valence-corrected chi connectivity index (χ0v) is 13.0. The van der Waals surface area contributed by atoms with Crippen LogP contribution in [0.4, 0.5) is 4.39 Å². The highest BCUT2D eigenvalue weighted by atomic mass is 28.3. The normalized spacial score (nSPS) is 12.0. The Morgan fingerprint density at radius 1 is 1.00 bits per heavy atom. The van der Waals surface area contributed by atoms with Crippen molar-refractivity contribution in [2.75, 3.05) is 0 Å². The fourth-order valence-corrected chi connectivity index (χ4v) is 5.60. The maximum Gasteiger partial charge on any atom is 0.125 e. The van der Waals surface area contributed by atoms with E-state index in [0.717, 1.165) is 5.52 Å². The Balaban J connectivity index is 2.24. The minimum Gasteiger partial charge on any atom is -0.351 e. The number of aryl methyl sites for hydroxylation is 1. The summed E-state index contributed by atoms with van der Waals surface area (Å²) in [5, 5.41) is 3.94. The van der Waals surface area contributed by atoms with E-state index in [1.807, 2.05) is 23.7 Å². The molecule has 1 nitrogen and oxygen atoms in total. The summed E-state index contributed by atoms with van der Waals surface area (Å²) in [6.07, 6.45) is 2.17. The van der Waals surface area contributed by atoms with E-state index in [9.17, 15) is 4.39 Å². The first-order valence-electron chi connectivity index (χ1n) is 6.81. The molecule has 0 unspecified atom stereocenters. The molecule has 0 bridgehead atoms. The lowest BCUT2D eigenvalue weighted by atomic mass is 10.2. The Morgan fingerprint density at radius 3 is 2.40 bits per heavy atom. The van der Waals surface area contributed by atoms with Crippen LogP contribution in [-0.2, 0) is 7.05 Å². The van der Waals surface area contributed by atoms with Crippen LogP contribution >= 0.6 is 0 Å². The van der Waals surface area contributed by atoms with E-state index in [1.165, 1.54) is 15.8 Å². The van der Waals surface area contributed by atoms with E-state index in [1.54, 1.807) is 12.1 Å².